The van der Waals surface area contributed by atoms with Gasteiger partial charge in [0, 0.05) is 25.2 Å². The first kappa shape index (κ1) is 19.2. The van der Waals surface area contributed by atoms with Crippen molar-refractivity contribution in [3.8, 4) is 0 Å². The van der Waals surface area contributed by atoms with Crippen LogP contribution >= 0.6 is 24.0 Å². The van der Waals surface area contributed by atoms with Crippen molar-refractivity contribution in [2.75, 3.05) is 19.6 Å². The number of rotatable bonds is 6. The van der Waals surface area contributed by atoms with Gasteiger partial charge in [0.05, 0.1) is 5.69 Å². The molecule has 20 heavy (non-hydrogen) atoms. The highest BCUT2D eigenvalue weighted by Gasteiger charge is 2.08. The summed E-state index contributed by atoms with van der Waals surface area (Å²) in [6.45, 7) is 12.9. The number of guanidine groups is 1. The molecule has 0 unspecified atom stereocenters. The SMILES string of the molecule is CCNC(=NCC(C)C)NCCc1c(C)noc1C.I. The normalized spacial score (nSPS) is 11.4. The molecule has 2 N–H and O–H groups in total. The van der Waals surface area contributed by atoms with E-state index in [4.69, 9.17) is 4.52 Å². The van der Waals surface area contributed by atoms with Crippen LogP contribution in [0.15, 0.2) is 9.52 Å². The topological polar surface area (TPSA) is 62.5 Å². The Labute approximate surface area is 139 Å². The lowest BCUT2D eigenvalue weighted by Gasteiger charge is -2.11. The molecule has 1 heterocycles. The van der Waals surface area contributed by atoms with E-state index in [1.165, 1.54) is 5.56 Å². The molecule has 1 aromatic heterocycles. The van der Waals surface area contributed by atoms with Gasteiger partial charge >= 0.3 is 0 Å². The van der Waals surface area contributed by atoms with Crippen LogP contribution in [-0.4, -0.2) is 30.8 Å². The fraction of sp³-hybridized carbons (Fsp3) is 0.714. The van der Waals surface area contributed by atoms with E-state index in [0.29, 0.717) is 5.92 Å². The second-order valence-corrected chi connectivity index (χ2v) is 5.09. The molecule has 6 heteroatoms. The van der Waals surface area contributed by atoms with Gasteiger partial charge < -0.3 is 15.2 Å². The first-order chi connectivity index (χ1) is 9.04. The number of halogens is 1. The summed E-state index contributed by atoms with van der Waals surface area (Å²) in [6.07, 6.45) is 0.896. The Balaban J connectivity index is 0.00000361. The van der Waals surface area contributed by atoms with Crippen LogP contribution in [0.25, 0.3) is 0 Å². The van der Waals surface area contributed by atoms with Crippen LogP contribution in [0.3, 0.4) is 0 Å². The molecule has 0 aliphatic rings. The van der Waals surface area contributed by atoms with Gasteiger partial charge in [0.2, 0.25) is 0 Å². The highest BCUT2D eigenvalue weighted by atomic mass is 127. The molecule has 0 spiro atoms. The van der Waals surface area contributed by atoms with Gasteiger partial charge in [-0.2, -0.15) is 0 Å². The Kier molecular flexibility index (Phi) is 9.62. The highest BCUT2D eigenvalue weighted by molar-refractivity contribution is 14.0. The number of hydrogen-bond donors (Lipinski definition) is 2. The van der Waals surface area contributed by atoms with Crippen molar-refractivity contribution in [3.05, 3.63) is 17.0 Å². The van der Waals surface area contributed by atoms with E-state index in [9.17, 15) is 0 Å². The molecule has 0 radical (unpaired) electrons. The third kappa shape index (κ3) is 6.58. The van der Waals surface area contributed by atoms with Crippen molar-refractivity contribution in [2.45, 2.75) is 41.0 Å². The smallest absolute Gasteiger partial charge is 0.191 e. The number of nitrogens with one attached hydrogen (secondary N) is 2. The minimum absolute atomic E-state index is 0. The molecule has 1 aromatic rings. The molecule has 0 fully saturated rings. The number of aryl methyl sites for hydroxylation is 2. The predicted molar refractivity (Wildman–Crippen MR) is 93.9 cm³/mol. The maximum Gasteiger partial charge on any atom is 0.191 e. The van der Waals surface area contributed by atoms with Gasteiger partial charge in [0.15, 0.2) is 5.96 Å². The molecular weight excluding hydrogens is 367 g/mol. The summed E-state index contributed by atoms with van der Waals surface area (Å²) in [6, 6.07) is 0. The average Bonchev–Trinajstić information content (AvgIpc) is 2.67. The van der Waals surface area contributed by atoms with Crippen molar-refractivity contribution in [1.82, 2.24) is 15.8 Å². The van der Waals surface area contributed by atoms with Crippen LogP contribution in [-0.2, 0) is 6.42 Å². The second kappa shape index (κ2) is 10.0. The Morgan fingerprint density at radius 3 is 2.50 bits per heavy atom. The summed E-state index contributed by atoms with van der Waals surface area (Å²) in [5.74, 6) is 2.35. The average molecular weight is 394 g/mol. The lowest BCUT2D eigenvalue weighted by atomic mass is 10.1. The highest BCUT2D eigenvalue weighted by Crippen LogP contribution is 2.11. The van der Waals surface area contributed by atoms with Gasteiger partial charge in [-0.15, -0.1) is 24.0 Å². The molecule has 0 atom stereocenters. The minimum Gasteiger partial charge on any atom is -0.361 e. The van der Waals surface area contributed by atoms with Gasteiger partial charge in [0.1, 0.15) is 5.76 Å². The molecule has 116 valence electrons. The summed E-state index contributed by atoms with van der Waals surface area (Å²) in [5, 5.41) is 10.5. The summed E-state index contributed by atoms with van der Waals surface area (Å²) in [5.41, 5.74) is 2.16. The van der Waals surface area contributed by atoms with E-state index in [-0.39, 0.29) is 24.0 Å². The summed E-state index contributed by atoms with van der Waals surface area (Å²) in [7, 11) is 0. The van der Waals surface area contributed by atoms with Crippen LogP contribution in [0.4, 0.5) is 0 Å². The Morgan fingerprint density at radius 2 is 2.00 bits per heavy atom. The third-order valence-corrected chi connectivity index (χ3v) is 2.81. The van der Waals surface area contributed by atoms with Crippen LogP contribution in [0.1, 0.15) is 37.8 Å². The monoisotopic (exact) mass is 394 g/mol. The fourth-order valence-corrected chi connectivity index (χ4v) is 1.78. The molecular formula is C14H27IN4O. The zero-order chi connectivity index (χ0) is 14.3. The lowest BCUT2D eigenvalue weighted by Crippen LogP contribution is -2.38. The van der Waals surface area contributed by atoms with Gasteiger partial charge in [-0.1, -0.05) is 19.0 Å². The molecule has 0 saturated heterocycles. The largest absolute Gasteiger partial charge is 0.361 e. The zero-order valence-corrected chi connectivity index (χ0v) is 15.4. The predicted octanol–water partition coefficient (Wildman–Crippen LogP) is 2.66. The summed E-state index contributed by atoms with van der Waals surface area (Å²) < 4.78 is 5.16. The van der Waals surface area contributed by atoms with E-state index < -0.39 is 0 Å². The molecule has 5 nitrogen and oxygen atoms in total. The molecule has 0 saturated carbocycles. The first-order valence-corrected chi connectivity index (χ1v) is 6.98. The quantitative estimate of drug-likeness (QED) is 0.443. The second-order valence-electron chi connectivity index (χ2n) is 5.09. The number of aromatic nitrogens is 1. The van der Waals surface area contributed by atoms with E-state index in [2.05, 4.69) is 41.6 Å². The number of aliphatic imine (C=N–C) groups is 1. The third-order valence-electron chi connectivity index (χ3n) is 2.81. The van der Waals surface area contributed by atoms with E-state index >= 15 is 0 Å². The van der Waals surface area contributed by atoms with Crippen molar-refractivity contribution >= 4 is 29.9 Å². The molecule has 0 aliphatic carbocycles. The van der Waals surface area contributed by atoms with E-state index in [0.717, 1.165) is 43.5 Å². The Morgan fingerprint density at radius 1 is 1.30 bits per heavy atom. The minimum atomic E-state index is 0. The van der Waals surface area contributed by atoms with Gasteiger partial charge in [-0.25, -0.2) is 0 Å². The lowest BCUT2D eigenvalue weighted by molar-refractivity contribution is 0.392. The van der Waals surface area contributed by atoms with Gasteiger partial charge in [-0.05, 0) is 33.1 Å². The summed E-state index contributed by atoms with van der Waals surface area (Å²) >= 11 is 0. The van der Waals surface area contributed by atoms with Crippen LogP contribution in [0, 0.1) is 19.8 Å². The first-order valence-electron chi connectivity index (χ1n) is 6.98. The van der Waals surface area contributed by atoms with Crippen molar-refractivity contribution in [1.29, 1.82) is 0 Å². The fourth-order valence-electron chi connectivity index (χ4n) is 1.78. The zero-order valence-electron chi connectivity index (χ0n) is 13.1. The Hall–Kier alpha value is -0.790. The molecule has 0 aromatic carbocycles. The molecule has 0 aliphatic heterocycles. The van der Waals surface area contributed by atoms with Crippen LogP contribution in [0.2, 0.25) is 0 Å². The molecule has 0 bridgehead atoms. The van der Waals surface area contributed by atoms with Crippen LogP contribution < -0.4 is 10.6 Å². The van der Waals surface area contributed by atoms with Crippen molar-refractivity contribution in [2.24, 2.45) is 10.9 Å². The maximum atomic E-state index is 5.16. The van der Waals surface area contributed by atoms with E-state index in [1.807, 2.05) is 13.8 Å². The van der Waals surface area contributed by atoms with Gasteiger partial charge in [0.25, 0.3) is 0 Å². The molecule has 1 rings (SSSR count). The maximum absolute atomic E-state index is 5.16. The Bertz CT molecular complexity index is 396. The number of hydrogen-bond acceptors (Lipinski definition) is 3. The van der Waals surface area contributed by atoms with Crippen LogP contribution in [0.5, 0.6) is 0 Å². The number of nitrogens with zero attached hydrogens (tertiary/aromatic N) is 2. The summed E-state index contributed by atoms with van der Waals surface area (Å²) in [4.78, 5) is 4.53. The standard InChI is InChI=1S/C14H26N4O.HI/c1-6-15-14(17-9-10(2)3)16-8-7-13-11(4)18-19-12(13)5;/h10H,6-9H2,1-5H3,(H2,15,16,17);1H. The van der Waals surface area contributed by atoms with E-state index in [1.54, 1.807) is 0 Å². The van der Waals surface area contributed by atoms with Crippen molar-refractivity contribution in [3.63, 3.8) is 0 Å². The molecule has 0 amide bonds. The van der Waals surface area contributed by atoms with Gasteiger partial charge in [-0.3, -0.25) is 4.99 Å². The van der Waals surface area contributed by atoms with Crippen molar-refractivity contribution < 1.29 is 4.52 Å².